The normalized spacial score (nSPS) is 10.5. The van der Waals surface area contributed by atoms with Crippen LogP contribution in [0.4, 0.5) is 11.4 Å². The third-order valence-electron chi connectivity index (χ3n) is 4.47. The molecule has 3 aromatic rings. The van der Waals surface area contributed by atoms with Gasteiger partial charge in [-0.25, -0.2) is 4.79 Å². The lowest BCUT2D eigenvalue weighted by Crippen LogP contribution is -2.17. The standard InChI is InChI=1S/C23H24N2O5/c1-28-11-12-30-22-14-20(8-9-21(22)29-2)25(16-17-5-4-10-24-15-17)19-7-3-6-18(13-19)23(26)27/h3-10,13-15H,11-12,16H2,1-2H3,(H,26,27). The predicted octanol–water partition coefficient (Wildman–Crippen LogP) is 4.15. The van der Waals surface area contributed by atoms with Gasteiger partial charge in [0.25, 0.3) is 0 Å². The molecule has 0 radical (unpaired) electrons. The number of nitrogens with zero attached hydrogens (tertiary/aromatic N) is 2. The van der Waals surface area contributed by atoms with Gasteiger partial charge in [0.1, 0.15) is 6.61 Å². The highest BCUT2D eigenvalue weighted by Crippen LogP contribution is 2.36. The van der Waals surface area contributed by atoms with Gasteiger partial charge in [-0.3, -0.25) is 4.98 Å². The Morgan fingerprint density at radius 1 is 1.00 bits per heavy atom. The van der Waals surface area contributed by atoms with E-state index in [1.54, 1.807) is 44.8 Å². The third-order valence-corrected chi connectivity index (χ3v) is 4.47. The molecule has 0 aliphatic rings. The molecule has 0 spiro atoms. The summed E-state index contributed by atoms with van der Waals surface area (Å²) in [6.45, 7) is 1.33. The maximum atomic E-state index is 11.5. The van der Waals surface area contributed by atoms with Crippen molar-refractivity contribution in [1.29, 1.82) is 0 Å². The third kappa shape index (κ3) is 5.27. The minimum Gasteiger partial charge on any atom is -0.493 e. The number of methoxy groups -OCH3 is 2. The van der Waals surface area contributed by atoms with Gasteiger partial charge >= 0.3 is 5.97 Å². The molecule has 0 atom stereocenters. The van der Waals surface area contributed by atoms with Crippen LogP contribution in [0.15, 0.2) is 67.0 Å². The average Bonchev–Trinajstić information content (AvgIpc) is 2.78. The van der Waals surface area contributed by atoms with Gasteiger partial charge in [0.2, 0.25) is 0 Å². The van der Waals surface area contributed by atoms with Gasteiger partial charge in [-0.1, -0.05) is 12.1 Å². The van der Waals surface area contributed by atoms with E-state index in [-0.39, 0.29) is 5.56 Å². The summed E-state index contributed by atoms with van der Waals surface area (Å²) in [5, 5.41) is 9.41. The lowest BCUT2D eigenvalue weighted by molar-refractivity contribution is 0.0697. The van der Waals surface area contributed by atoms with E-state index in [4.69, 9.17) is 14.2 Å². The van der Waals surface area contributed by atoms with Crippen LogP contribution in [0.2, 0.25) is 0 Å². The molecule has 156 valence electrons. The van der Waals surface area contributed by atoms with E-state index in [1.807, 2.05) is 41.3 Å². The molecule has 0 bridgehead atoms. The second kappa shape index (κ2) is 10.3. The number of anilines is 2. The molecule has 0 saturated carbocycles. The van der Waals surface area contributed by atoms with Crippen LogP contribution < -0.4 is 14.4 Å². The van der Waals surface area contributed by atoms with Crippen LogP contribution in [0.25, 0.3) is 0 Å². The van der Waals surface area contributed by atoms with Crippen LogP contribution in [0.5, 0.6) is 11.5 Å². The van der Waals surface area contributed by atoms with E-state index in [1.165, 1.54) is 0 Å². The second-order valence-corrected chi connectivity index (χ2v) is 6.48. The van der Waals surface area contributed by atoms with E-state index < -0.39 is 5.97 Å². The summed E-state index contributed by atoms with van der Waals surface area (Å²) in [5.74, 6) is 0.213. The highest BCUT2D eigenvalue weighted by atomic mass is 16.5. The lowest BCUT2D eigenvalue weighted by Gasteiger charge is -2.26. The summed E-state index contributed by atoms with van der Waals surface area (Å²) < 4.78 is 16.3. The second-order valence-electron chi connectivity index (χ2n) is 6.48. The molecule has 7 heteroatoms. The van der Waals surface area contributed by atoms with Gasteiger partial charge in [-0.15, -0.1) is 0 Å². The quantitative estimate of drug-likeness (QED) is 0.505. The maximum Gasteiger partial charge on any atom is 0.335 e. The van der Waals surface area contributed by atoms with E-state index in [0.29, 0.717) is 31.3 Å². The molecule has 1 aromatic heterocycles. The number of rotatable bonds is 10. The van der Waals surface area contributed by atoms with Gasteiger partial charge in [0, 0.05) is 43.5 Å². The number of carboxylic acid groups (broad SMARTS) is 1. The largest absolute Gasteiger partial charge is 0.493 e. The van der Waals surface area contributed by atoms with Crippen LogP contribution in [0, 0.1) is 0 Å². The Morgan fingerprint density at radius 2 is 1.83 bits per heavy atom. The Balaban J connectivity index is 2.02. The van der Waals surface area contributed by atoms with E-state index in [9.17, 15) is 9.90 Å². The first kappa shape index (κ1) is 21.1. The van der Waals surface area contributed by atoms with Crippen molar-refractivity contribution in [3.63, 3.8) is 0 Å². The van der Waals surface area contributed by atoms with Crippen molar-refractivity contribution in [2.45, 2.75) is 6.54 Å². The molecule has 7 nitrogen and oxygen atoms in total. The van der Waals surface area contributed by atoms with Crippen molar-refractivity contribution in [3.05, 3.63) is 78.1 Å². The van der Waals surface area contributed by atoms with E-state index >= 15 is 0 Å². The predicted molar refractivity (Wildman–Crippen MR) is 114 cm³/mol. The van der Waals surface area contributed by atoms with Gasteiger partial charge in [-0.2, -0.15) is 0 Å². The highest BCUT2D eigenvalue weighted by Gasteiger charge is 2.16. The number of aromatic carboxylic acids is 1. The molecular formula is C23H24N2O5. The van der Waals surface area contributed by atoms with Crippen LogP contribution >= 0.6 is 0 Å². The number of benzene rings is 2. The summed E-state index contributed by atoms with van der Waals surface area (Å²) in [4.78, 5) is 17.7. The summed E-state index contributed by atoms with van der Waals surface area (Å²) in [6.07, 6.45) is 3.50. The fourth-order valence-corrected chi connectivity index (χ4v) is 2.99. The number of pyridine rings is 1. The zero-order valence-corrected chi connectivity index (χ0v) is 16.9. The molecule has 1 heterocycles. The lowest BCUT2D eigenvalue weighted by atomic mass is 10.1. The number of hydrogen-bond acceptors (Lipinski definition) is 6. The molecule has 30 heavy (non-hydrogen) atoms. The van der Waals surface area contributed by atoms with Gasteiger partial charge in [0.05, 0.1) is 19.3 Å². The van der Waals surface area contributed by atoms with Crippen molar-refractivity contribution >= 4 is 17.3 Å². The Labute approximate surface area is 175 Å². The number of aromatic nitrogens is 1. The number of carboxylic acids is 1. The minimum atomic E-state index is -0.975. The zero-order valence-electron chi connectivity index (χ0n) is 16.9. The minimum absolute atomic E-state index is 0.216. The molecule has 0 fully saturated rings. The fourth-order valence-electron chi connectivity index (χ4n) is 2.99. The molecule has 3 rings (SSSR count). The van der Waals surface area contributed by atoms with Crippen LogP contribution in [0.1, 0.15) is 15.9 Å². The van der Waals surface area contributed by atoms with Crippen LogP contribution in [-0.2, 0) is 11.3 Å². The molecule has 0 aliphatic carbocycles. The Hall–Kier alpha value is -3.58. The Morgan fingerprint density at radius 3 is 2.53 bits per heavy atom. The molecule has 0 unspecified atom stereocenters. The summed E-state index contributed by atoms with van der Waals surface area (Å²) in [6, 6.07) is 16.3. The van der Waals surface area contributed by atoms with Crippen molar-refractivity contribution in [3.8, 4) is 11.5 Å². The summed E-state index contributed by atoms with van der Waals surface area (Å²) in [7, 11) is 3.20. The Kier molecular flexibility index (Phi) is 7.24. The topological polar surface area (TPSA) is 81.1 Å². The molecule has 0 amide bonds. The van der Waals surface area contributed by atoms with Crippen LogP contribution in [0.3, 0.4) is 0 Å². The zero-order chi connectivity index (χ0) is 21.3. The first-order chi connectivity index (χ1) is 14.6. The van der Waals surface area contributed by atoms with Crippen molar-refractivity contribution in [2.75, 3.05) is 32.3 Å². The summed E-state index contributed by atoms with van der Waals surface area (Å²) >= 11 is 0. The van der Waals surface area contributed by atoms with Gasteiger partial charge < -0.3 is 24.2 Å². The van der Waals surface area contributed by atoms with Crippen molar-refractivity contribution in [1.82, 2.24) is 4.98 Å². The first-order valence-electron chi connectivity index (χ1n) is 9.42. The molecule has 1 N–H and O–H groups in total. The van der Waals surface area contributed by atoms with Crippen molar-refractivity contribution in [2.24, 2.45) is 0 Å². The maximum absolute atomic E-state index is 11.5. The molecule has 0 saturated heterocycles. The highest BCUT2D eigenvalue weighted by molar-refractivity contribution is 5.89. The van der Waals surface area contributed by atoms with Gasteiger partial charge in [-0.05, 0) is 42.0 Å². The van der Waals surface area contributed by atoms with Gasteiger partial charge in [0.15, 0.2) is 11.5 Å². The van der Waals surface area contributed by atoms with Crippen LogP contribution in [-0.4, -0.2) is 43.5 Å². The van der Waals surface area contributed by atoms with Crippen molar-refractivity contribution < 1.29 is 24.1 Å². The molecule has 2 aromatic carbocycles. The smallest absolute Gasteiger partial charge is 0.335 e. The first-order valence-corrected chi connectivity index (χ1v) is 9.42. The number of carbonyl (C=O) groups is 1. The molecule has 0 aliphatic heterocycles. The molecular weight excluding hydrogens is 384 g/mol. The number of ether oxygens (including phenoxy) is 3. The number of hydrogen-bond donors (Lipinski definition) is 1. The monoisotopic (exact) mass is 408 g/mol. The Bertz CT molecular complexity index is 978. The fraction of sp³-hybridized carbons (Fsp3) is 0.217. The summed E-state index contributed by atoms with van der Waals surface area (Å²) in [5.41, 5.74) is 2.77. The van der Waals surface area contributed by atoms with E-state index in [2.05, 4.69) is 4.98 Å². The SMILES string of the molecule is COCCOc1cc(N(Cc2cccnc2)c2cccc(C(=O)O)c2)ccc1OC. The average molecular weight is 408 g/mol. The van der Waals surface area contributed by atoms with E-state index in [0.717, 1.165) is 16.9 Å².